The standard InChI is InChI=1S/C16H16O2/c1-18-16-9-7-13(8-10-16)11-15(12-17)14-5-3-2-4-6-14/h2-11,17H,12H2,1H3/b15-11+. The van der Waals surface area contributed by atoms with Crippen molar-refractivity contribution >= 4 is 11.6 Å². The largest absolute Gasteiger partial charge is 0.497 e. The molecule has 92 valence electrons. The summed E-state index contributed by atoms with van der Waals surface area (Å²) in [6.07, 6.45) is 1.98. The fourth-order valence-electron chi connectivity index (χ4n) is 1.77. The normalized spacial score (nSPS) is 11.3. The minimum Gasteiger partial charge on any atom is -0.497 e. The third-order valence-electron chi connectivity index (χ3n) is 2.77. The molecular weight excluding hydrogens is 224 g/mol. The Labute approximate surface area is 107 Å². The van der Waals surface area contributed by atoms with E-state index in [1.54, 1.807) is 7.11 Å². The number of rotatable bonds is 4. The second-order valence-corrected chi connectivity index (χ2v) is 3.97. The fourth-order valence-corrected chi connectivity index (χ4v) is 1.77. The van der Waals surface area contributed by atoms with Crippen LogP contribution in [-0.4, -0.2) is 18.8 Å². The summed E-state index contributed by atoms with van der Waals surface area (Å²) in [5.41, 5.74) is 2.99. The van der Waals surface area contributed by atoms with Crippen molar-refractivity contribution in [2.24, 2.45) is 0 Å². The molecule has 1 N–H and O–H groups in total. The van der Waals surface area contributed by atoms with E-state index in [0.717, 1.165) is 22.4 Å². The summed E-state index contributed by atoms with van der Waals surface area (Å²) in [6.45, 7) is 0.0239. The van der Waals surface area contributed by atoms with Crippen LogP contribution in [0.1, 0.15) is 11.1 Å². The van der Waals surface area contributed by atoms with Gasteiger partial charge in [0.1, 0.15) is 5.75 Å². The number of aliphatic hydroxyl groups is 1. The van der Waals surface area contributed by atoms with Gasteiger partial charge in [0.15, 0.2) is 0 Å². The van der Waals surface area contributed by atoms with Crippen LogP contribution < -0.4 is 4.74 Å². The van der Waals surface area contributed by atoms with Crippen LogP contribution >= 0.6 is 0 Å². The number of hydrogen-bond donors (Lipinski definition) is 1. The highest BCUT2D eigenvalue weighted by atomic mass is 16.5. The Hall–Kier alpha value is -2.06. The van der Waals surface area contributed by atoms with Crippen LogP contribution in [0, 0.1) is 0 Å². The van der Waals surface area contributed by atoms with E-state index in [4.69, 9.17) is 4.74 Å². The van der Waals surface area contributed by atoms with E-state index in [-0.39, 0.29) is 6.61 Å². The molecule has 0 atom stereocenters. The molecule has 0 radical (unpaired) electrons. The third-order valence-corrected chi connectivity index (χ3v) is 2.77. The Morgan fingerprint density at radius 1 is 1.06 bits per heavy atom. The van der Waals surface area contributed by atoms with Crippen LogP contribution in [0.4, 0.5) is 0 Å². The number of methoxy groups -OCH3 is 1. The maximum absolute atomic E-state index is 9.45. The molecule has 0 saturated carbocycles. The molecule has 2 nitrogen and oxygen atoms in total. The number of ether oxygens (including phenoxy) is 1. The Kier molecular flexibility index (Phi) is 4.15. The summed E-state index contributed by atoms with van der Waals surface area (Å²) < 4.78 is 5.12. The topological polar surface area (TPSA) is 29.5 Å². The molecule has 0 unspecified atom stereocenters. The number of benzene rings is 2. The molecular formula is C16H16O2. The molecule has 0 aliphatic heterocycles. The maximum Gasteiger partial charge on any atom is 0.118 e. The average molecular weight is 240 g/mol. The van der Waals surface area contributed by atoms with Crippen molar-refractivity contribution in [1.82, 2.24) is 0 Å². The molecule has 0 fully saturated rings. The van der Waals surface area contributed by atoms with E-state index in [9.17, 15) is 5.11 Å². The molecule has 2 heteroatoms. The minimum absolute atomic E-state index is 0.0239. The lowest BCUT2D eigenvalue weighted by atomic mass is 10.0. The lowest BCUT2D eigenvalue weighted by Crippen LogP contribution is -1.90. The lowest BCUT2D eigenvalue weighted by molar-refractivity contribution is 0.351. The highest BCUT2D eigenvalue weighted by Gasteiger charge is 2.00. The van der Waals surface area contributed by atoms with E-state index in [2.05, 4.69) is 0 Å². The second kappa shape index (κ2) is 6.03. The summed E-state index contributed by atoms with van der Waals surface area (Å²) >= 11 is 0. The van der Waals surface area contributed by atoms with Crippen molar-refractivity contribution in [2.75, 3.05) is 13.7 Å². The zero-order chi connectivity index (χ0) is 12.8. The van der Waals surface area contributed by atoms with Gasteiger partial charge in [-0.15, -0.1) is 0 Å². The summed E-state index contributed by atoms with van der Waals surface area (Å²) in [5.74, 6) is 0.831. The highest BCUT2D eigenvalue weighted by molar-refractivity contribution is 5.82. The number of hydrogen-bond acceptors (Lipinski definition) is 2. The lowest BCUT2D eigenvalue weighted by Gasteiger charge is -2.05. The first-order valence-corrected chi connectivity index (χ1v) is 5.84. The predicted molar refractivity (Wildman–Crippen MR) is 74.4 cm³/mol. The Morgan fingerprint density at radius 2 is 1.72 bits per heavy atom. The van der Waals surface area contributed by atoms with E-state index in [1.807, 2.05) is 60.7 Å². The molecule has 18 heavy (non-hydrogen) atoms. The van der Waals surface area contributed by atoms with Gasteiger partial charge in [-0.1, -0.05) is 42.5 Å². The summed E-state index contributed by atoms with van der Waals surface area (Å²) in [5, 5.41) is 9.45. The molecule has 0 amide bonds. The van der Waals surface area contributed by atoms with Gasteiger partial charge in [-0.2, -0.15) is 0 Å². The molecule has 0 saturated heterocycles. The zero-order valence-electron chi connectivity index (χ0n) is 10.3. The van der Waals surface area contributed by atoms with Crippen molar-refractivity contribution in [1.29, 1.82) is 0 Å². The molecule has 2 aromatic rings. The van der Waals surface area contributed by atoms with Crippen molar-refractivity contribution in [3.63, 3.8) is 0 Å². The molecule has 0 spiro atoms. The van der Waals surface area contributed by atoms with Gasteiger partial charge in [0, 0.05) is 0 Å². The van der Waals surface area contributed by atoms with Gasteiger partial charge in [0.25, 0.3) is 0 Å². The van der Waals surface area contributed by atoms with Crippen LogP contribution in [0.2, 0.25) is 0 Å². The van der Waals surface area contributed by atoms with Crippen LogP contribution in [0.15, 0.2) is 54.6 Å². The van der Waals surface area contributed by atoms with Gasteiger partial charge in [-0.05, 0) is 34.9 Å². The van der Waals surface area contributed by atoms with E-state index >= 15 is 0 Å². The van der Waals surface area contributed by atoms with Crippen molar-refractivity contribution < 1.29 is 9.84 Å². The first-order chi connectivity index (χ1) is 8.83. The Morgan fingerprint density at radius 3 is 2.28 bits per heavy atom. The van der Waals surface area contributed by atoms with Gasteiger partial charge in [-0.25, -0.2) is 0 Å². The molecule has 0 bridgehead atoms. The van der Waals surface area contributed by atoms with E-state index in [1.165, 1.54) is 0 Å². The molecule has 0 aliphatic carbocycles. The molecule has 0 heterocycles. The van der Waals surface area contributed by atoms with Gasteiger partial charge < -0.3 is 9.84 Å². The third kappa shape index (κ3) is 2.99. The Bertz CT molecular complexity index is 513. The fraction of sp³-hybridized carbons (Fsp3) is 0.125. The van der Waals surface area contributed by atoms with E-state index in [0.29, 0.717) is 0 Å². The van der Waals surface area contributed by atoms with Crippen molar-refractivity contribution in [3.8, 4) is 5.75 Å². The maximum atomic E-state index is 9.45. The minimum atomic E-state index is 0.0239. The summed E-state index contributed by atoms with van der Waals surface area (Å²) in [6, 6.07) is 17.6. The Balaban J connectivity index is 2.29. The number of aliphatic hydroxyl groups excluding tert-OH is 1. The quantitative estimate of drug-likeness (QED) is 0.831. The van der Waals surface area contributed by atoms with Crippen molar-refractivity contribution in [3.05, 3.63) is 65.7 Å². The van der Waals surface area contributed by atoms with Crippen LogP contribution in [0.3, 0.4) is 0 Å². The predicted octanol–water partition coefficient (Wildman–Crippen LogP) is 3.23. The van der Waals surface area contributed by atoms with Crippen LogP contribution in [0.25, 0.3) is 11.6 Å². The van der Waals surface area contributed by atoms with Gasteiger partial charge in [0.05, 0.1) is 13.7 Å². The average Bonchev–Trinajstić information content (AvgIpc) is 2.46. The van der Waals surface area contributed by atoms with Gasteiger partial charge >= 0.3 is 0 Å². The first kappa shape index (κ1) is 12.4. The molecule has 2 rings (SSSR count). The van der Waals surface area contributed by atoms with Crippen LogP contribution in [-0.2, 0) is 0 Å². The smallest absolute Gasteiger partial charge is 0.118 e. The monoisotopic (exact) mass is 240 g/mol. The van der Waals surface area contributed by atoms with Crippen LogP contribution in [0.5, 0.6) is 5.75 Å². The zero-order valence-corrected chi connectivity index (χ0v) is 10.3. The van der Waals surface area contributed by atoms with E-state index < -0.39 is 0 Å². The first-order valence-electron chi connectivity index (χ1n) is 5.84. The second-order valence-electron chi connectivity index (χ2n) is 3.97. The molecule has 0 aliphatic rings. The summed E-state index contributed by atoms with van der Waals surface area (Å²) in [7, 11) is 1.65. The van der Waals surface area contributed by atoms with Gasteiger partial charge in [0.2, 0.25) is 0 Å². The highest BCUT2D eigenvalue weighted by Crippen LogP contribution is 2.19. The summed E-state index contributed by atoms with van der Waals surface area (Å²) in [4.78, 5) is 0. The molecule has 2 aromatic carbocycles. The van der Waals surface area contributed by atoms with Gasteiger partial charge in [-0.3, -0.25) is 0 Å². The SMILES string of the molecule is COc1ccc(/C=C(\CO)c2ccccc2)cc1. The molecule has 0 aromatic heterocycles. The van der Waals surface area contributed by atoms with Crippen molar-refractivity contribution in [2.45, 2.75) is 0 Å².